The lowest BCUT2D eigenvalue weighted by molar-refractivity contribution is -0.139. The Labute approximate surface area is 190 Å². The molecule has 0 aliphatic heterocycles. The van der Waals surface area contributed by atoms with Gasteiger partial charge in [-0.1, -0.05) is 0 Å². The number of nitrogens with two attached hydrogens (primary N) is 4. The van der Waals surface area contributed by atoms with Gasteiger partial charge in [0.1, 0.15) is 18.1 Å². The van der Waals surface area contributed by atoms with Crippen molar-refractivity contribution in [1.82, 2.24) is 15.3 Å². The maximum absolute atomic E-state index is 10.3. The van der Waals surface area contributed by atoms with E-state index in [-0.39, 0.29) is 12.4 Å². The van der Waals surface area contributed by atoms with E-state index in [1.807, 2.05) is 6.26 Å². The highest BCUT2D eigenvalue weighted by Crippen LogP contribution is 1.98. The molecule has 1 aromatic heterocycles. The minimum Gasteiger partial charge on any atom is -0.480 e. The molecule has 0 aliphatic carbocycles. The van der Waals surface area contributed by atoms with Gasteiger partial charge in [-0.3, -0.25) is 19.8 Å². The number of guanidine groups is 1. The summed E-state index contributed by atoms with van der Waals surface area (Å²) in [5.74, 6) is -2.22. The van der Waals surface area contributed by atoms with Gasteiger partial charge in [-0.25, -0.2) is 4.98 Å². The standard InChI is InChI=1S/C6H14N4O2.C6H9N3O2.C5H11NO2S/c7-4(5(11)12)2-1-3-10-6(8)9;7-5(6(10)11)1-4-2-8-3-9-4;1-9-3-2-4(6)5(7)8/h4H,1-3,7H2,(H,11,12)(H4,8,9,10);2-3,5H,1,7H2,(H,8,9)(H,10,11);4H,2-3,6H2,1H3,(H,7,8)/t4-;5-;4-/m000/s1. The number of hydrogen-bond acceptors (Lipinski definition) is 9. The fraction of sp³-hybridized carbons (Fsp3) is 0.588. The molecule has 0 aromatic carbocycles. The van der Waals surface area contributed by atoms with Crippen LogP contribution in [0.5, 0.6) is 0 Å². The first kappa shape index (κ1) is 31.3. The maximum atomic E-state index is 10.3. The minimum absolute atomic E-state index is 0.112. The van der Waals surface area contributed by atoms with E-state index < -0.39 is 36.0 Å². The van der Waals surface area contributed by atoms with Crippen molar-refractivity contribution < 1.29 is 29.7 Å². The number of rotatable bonds is 12. The molecule has 0 aliphatic rings. The largest absolute Gasteiger partial charge is 0.480 e. The molecule has 0 radical (unpaired) electrons. The molecule has 184 valence electrons. The molecular formula is C17H34N8O6S. The molecule has 14 N–H and O–H groups in total. The summed E-state index contributed by atoms with van der Waals surface area (Å²) >= 11 is 1.60. The second kappa shape index (κ2) is 18.9. The molecule has 0 bridgehead atoms. The van der Waals surface area contributed by atoms with E-state index >= 15 is 0 Å². The maximum Gasteiger partial charge on any atom is 0.320 e. The highest BCUT2D eigenvalue weighted by molar-refractivity contribution is 7.98. The molecule has 1 heterocycles. The first-order chi connectivity index (χ1) is 14.9. The summed E-state index contributed by atoms with van der Waals surface area (Å²) in [6.45, 7) is 0.482. The van der Waals surface area contributed by atoms with Crippen molar-refractivity contribution in [1.29, 1.82) is 5.41 Å². The predicted octanol–water partition coefficient (Wildman–Crippen LogP) is -1.82. The van der Waals surface area contributed by atoms with Crippen molar-refractivity contribution in [3.63, 3.8) is 0 Å². The number of aliphatic carboxylic acids is 3. The first-order valence-electron chi connectivity index (χ1n) is 9.41. The fourth-order valence-corrected chi connectivity index (χ4v) is 2.24. The highest BCUT2D eigenvalue weighted by Gasteiger charge is 2.12. The van der Waals surface area contributed by atoms with E-state index in [1.165, 1.54) is 6.33 Å². The first-order valence-corrected chi connectivity index (χ1v) is 10.8. The van der Waals surface area contributed by atoms with E-state index in [4.69, 9.17) is 43.7 Å². The van der Waals surface area contributed by atoms with Crippen LogP contribution in [0.1, 0.15) is 25.0 Å². The van der Waals surface area contributed by atoms with Crippen LogP contribution in [0, 0.1) is 5.41 Å². The second-order valence-electron chi connectivity index (χ2n) is 6.36. The van der Waals surface area contributed by atoms with Crippen LogP contribution < -0.4 is 28.3 Å². The van der Waals surface area contributed by atoms with Gasteiger partial charge in [-0.2, -0.15) is 11.8 Å². The summed E-state index contributed by atoms with van der Waals surface area (Å²) in [6.07, 6.45) is 6.83. The van der Waals surface area contributed by atoms with Crippen LogP contribution in [0.2, 0.25) is 0 Å². The summed E-state index contributed by atoms with van der Waals surface area (Å²) in [6, 6.07) is -2.37. The van der Waals surface area contributed by atoms with E-state index in [1.54, 1.807) is 18.0 Å². The zero-order valence-corrected chi connectivity index (χ0v) is 18.7. The number of hydrogen-bond donors (Lipinski definition) is 10. The van der Waals surface area contributed by atoms with Gasteiger partial charge in [0, 0.05) is 19.2 Å². The summed E-state index contributed by atoms with van der Waals surface area (Å²) in [7, 11) is 0. The van der Waals surface area contributed by atoms with Gasteiger partial charge in [-0.05, 0) is 31.3 Å². The van der Waals surface area contributed by atoms with Gasteiger partial charge in [0.25, 0.3) is 0 Å². The summed E-state index contributed by atoms with van der Waals surface area (Å²) in [4.78, 5) is 37.1. The van der Waals surface area contributed by atoms with Crippen molar-refractivity contribution in [3.8, 4) is 0 Å². The van der Waals surface area contributed by atoms with Crippen LogP contribution in [0.15, 0.2) is 12.5 Å². The molecule has 0 saturated carbocycles. The van der Waals surface area contributed by atoms with Crippen LogP contribution in [-0.2, 0) is 20.8 Å². The lowest BCUT2D eigenvalue weighted by Crippen LogP contribution is -2.34. The van der Waals surface area contributed by atoms with Crippen LogP contribution >= 0.6 is 11.8 Å². The normalized spacial score (nSPS) is 12.6. The number of aromatic nitrogens is 2. The van der Waals surface area contributed by atoms with Crippen molar-refractivity contribution in [3.05, 3.63) is 18.2 Å². The number of H-pyrrole nitrogens is 1. The summed E-state index contributed by atoms with van der Waals surface area (Å²) in [5, 5.41) is 34.4. The van der Waals surface area contributed by atoms with Gasteiger partial charge in [0.05, 0.1) is 12.0 Å². The van der Waals surface area contributed by atoms with Crippen LogP contribution in [0.3, 0.4) is 0 Å². The number of aromatic amines is 1. The van der Waals surface area contributed by atoms with Gasteiger partial charge < -0.3 is 48.6 Å². The number of carbonyl (C=O) groups is 3. The van der Waals surface area contributed by atoms with Crippen LogP contribution in [-0.4, -0.2) is 85.8 Å². The Balaban J connectivity index is 0. The lowest BCUT2D eigenvalue weighted by atomic mass is 10.2. The Bertz CT molecular complexity index is 676. The number of carboxylic acid groups (broad SMARTS) is 3. The molecule has 0 saturated heterocycles. The zero-order chi connectivity index (χ0) is 25.1. The molecule has 0 amide bonds. The van der Waals surface area contributed by atoms with Gasteiger partial charge in [-0.15, -0.1) is 0 Å². The van der Waals surface area contributed by atoms with E-state index in [0.29, 0.717) is 31.5 Å². The monoisotopic (exact) mass is 478 g/mol. The summed E-state index contributed by atoms with van der Waals surface area (Å²) in [5.41, 5.74) is 21.3. The number of nitrogens with one attached hydrogen (secondary N) is 3. The van der Waals surface area contributed by atoms with E-state index in [2.05, 4.69) is 15.3 Å². The molecule has 1 rings (SSSR count). The predicted molar refractivity (Wildman–Crippen MR) is 121 cm³/mol. The zero-order valence-electron chi connectivity index (χ0n) is 17.9. The third kappa shape index (κ3) is 19.1. The van der Waals surface area contributed by atoms with Crippen molar-refractivity contribution in [2.45, 2.75) is 43.8 Å². The van der Waals surface area contributed by atoms with Crippen LogP contribution in [0.4, 0.5) is 0 Å². The Morgan fingerprint density at radius 1 is 1.09 bits per heavy atom. The second-order valence-corrected chi connectivity index (χ2v) is 7.35. The van der Waals surface area contributed by atoms with Crippen molar-refractivity contribution in [2.75, 3.05) is 18.6 Å². The molecule has 0 spiro atoms. The molecule has 32 heavy (non-hydrogen) atoms. The van der Waals surface area contributed by atoms with Gasteiger partial charge in [0.2, 0.25) is 0 Å². The fourth-order valence-electron chi connectivity index (χ4n) is 1.75. The number of thioether (sulfide) groups is 1. The number of imidazole rings is 1. The average Bonchev–Trinajstić information content (AvgIpc) is 3.22. The third-order valence-electron chi connectivity index (χ3n) is 3.58. The quantitative estimate of drug-likeness (QED) is 0.0900. The Kier molecular flexibility index (Phi) is 18.4. The van der Waals surface area contributed by atoms with Crippen molar-refractivity contribution in [2.24, 2.45) is 22.9 Å². The van der Waals surface area contributed by atoms with Crippen LogP contribution in [0.25, 0.3) is 0 Å². The Morgan fingerprint density at radius 2 is 1.62 bits per heavy atom. The van der Waals surface area contributed by atoms with E-state index in [0.717, 1.165) is 5.75 Å². The lowest BCUT2D eigenvalue weighted by Gasteiger charge is -2.06. The topological polar surface area (TPSA) is 281 Å². The third-order valence-corrected chi connectivity index (χ3v) is 4.22. The van der Waals surface area contributed by atoms with Gasteiger partial charge >= 0.3 is 17.9 Å². The molecule has 0 unspecified atom stereocenters. The highest BCUT2D eigenvalue weighted by atomic mass is 32.2. The average molecular weight is 479 g/mol. The molecular weight excluding hydrogens is 444 g/mol. The Morgan fingerprint density at radius 3 is 2.03 bits per heavy atom. The molecule has 15 heteroatoms. The molecule has 0 fully saturated rings. The number of carboxylic acids is 3. The summed E-state index contributed by atoms with van der Waals surface area (Å²) < 4.78 is 0. The molecule has 14 nitrogen and oxygen atoms in total. The van der Waals surface area contributed by atoms with E-state index in [9.17, 15) is 14.4 Å². The van der Waals surface area contributed by atoms with Crippen molar-refractivity contribution >= 4 is 35.6 Å². The number of nitrogens with zero attached hydrogens (tertiary/aromatic N) is 1. The minimum atomic E-state index is -1.01. The SMILES string of the molecule is CSCC[C@H](N)C(=O)O.N=C(N)NCCC[C@H](N)C(=O)O.N[C@@H](Cc1c[nH]cn1)C(=O)O. The van der Waals surface area contributed by atoms with Gasteiger partial charge in [0.15, 0.2) is 5.96 Å². The smallest absolute Gasteiger partial charge is 0.320 e. The Hall–Kier alpha value is -2.88. The molecule has 1 aromatic rings. The molecule has 3 atom stereocenters.